The van der Waals surface area contributed by atoms with Gasteiger partial charge in [0.2, 0.25) is 5.91 Å². The number of amides is 3. The van der Waals surface area contributed by atoms with Crippen molar-refractivity contribution in [3.8, 4) is 0 Å². The van der Waals surface area contributed by atoms with Gasteiger partial charge in [0.15, 0.2) is 0 Å². The SMILES string of the molecule is CC(C)NC(=O)CN(C)C(=O)N1CCNCC1. The van der Waals surface area contributed by atoms with E-state index in [4.69, 9.17) is 0 Å². The second-order valence-corrected chi connectivity index (χ2v) is 4.60. The van der Waals surface area contributed by atoms with E-state index >= 15 is 0 Å². The average molecular weight is 242 g/mol. The van der Waals surface area contributed by atoms with Gasteiger partial charge in [0.1, 0.15) is 6.54 Å². The van der Waals surface area contributed by atoms with Crippen LogP contribution in [-0.2, 0) is 4.79 Å². The van der Waals surface area contributed by atoms with E-state index in [1.54, 1.807) is 11.9 Å². The maximum absolute atomic E-state index is 12.0. The first kappa shape index (κ1) is 13.8. The van der Waals surface area contributed by atoms with Gasteiger partial charge in [0, 0.05) is 39.3 Å². The summed E-state index contributed by atoms with van der Waals surface area (Å²) in [5.41, 5.74) is 0. The molecule has 0 aromatic rings. The number of nitrogens with zero attached hydrogens (tertiary/aromatic N) is 2. The summed E-state index contributed by atoms with van der Waals surface area (Å²) in [6.07, 6.45) is 0. The molecule has 0 bridgehead atoms. The molecule has 6 nitrogen and oxygen atoms in total. The third-order valence-electron chi connectivity index (χ3n) is 2.54. The third-order valence-corrected chi connectivity index (χ3v) is 2.54. The molecule has 6 heteroatoms. The molecule has 0 radical (unpaired) electrons. The monoisotopic (exact) mass is 242 g/mol. The van der Waals surface area contributed by atoms with Crippen LogP contribution in [0.25, 0.3) is 0 Å². The van der Waals surface area contributed by atoms with Gasteiger partial charge in [0.05, 0.1) is 0 Å². The first-order valence-corrected chi connectivity index (χ1v) is 6.01. The van der Waals surface area contributed by atoms with E-state index in [9.17, 15) is 9.59 Å². The lowest BCUT2D eigenvalue weighted by Gasteiger charge is -2.31. The van der Waals surface area contributed by atoms with Crippen LogP contribution >= 0.6 is 0 Å². The summed E-state index contributed by atoms with van der Waals surface area (Å²) in [6.45, 7) is 6.95. The van der Waals surface area contributed by atoms with Crippen LogP contribution in [0, 0.1) is 0 Å². The molecule has 1 fully saturated rings. The minimum absolute atomic E-state index is 0.0783. The van der Waals surface area contributed by atoms with Gasteiger partial charge in [-0.1, -0.05) is 0 Å². The highest BCUT2D eigenvalue weighted by atomic mass is 16.2. The smallest absolute Gasteiger partial charge is 0.320 e. The van der Waals surface area contributed by atoms with Crippen LogP contribution in [0.1, 0.15) is 13.8 Å². The molecular weight excluding hydrogens is 220 g/mol. The van der Waals surface area contributed by atoms with Gasteiger partial charge in [-0.3, -0.25) is 4.79 Å². The van der Waals surface area contributed by atoms with Crippen molar-refractivity contribution in [2.75, 3.05) is 39.8 Å². The van der Waals surface area contributed by atoms with Crippen molar-refractivity contribution in [1.29, 1.82) is 0 Å². The molecule has 0 aromatic carbocycles. The minimum Gasteiger partial charge on any atom is -0.352 e. The van der Waals surface area contributed by atoms with E-state index in [1.807, 2.05) is 13.8 Å². The molecule has 3 amide bonds. The van der Waals surface area contributed by atoms with Crippen molar-refractivity contribution < 1.29 is 9.59 Å². The summed E-state index contributed by atoms with van der Waals surface area (Å²) in [7, 11) is 1.66. The van der Waals surface area contributed by atoms with Crippen LogP contribution in [0.15, 0.2) is 0 Å². The summed E-state index contributed by atoms with van der Waals surface area (Å²) in [5.74, 6) is -0.119. The van der Waals surface area contributed by atoms with E-state index in [-0.39, 0.29) is 24.5 Å². The zero-order valence-electron chi connectivity index (χ0n) is 10.8. The quantitative estimate of drug-likeness (QED) is 0.699. The van der Waals surface area contributed by atoms with E-state index in [0.717, 1.165) is 13.1 Å². The number of piperazine rings is 1. The second-order valence-electron chi connectivity index (χ2n) is 4.60. The van der Waals surface area contributed by atoms with Gasteiger partial charge < -0.3 is 20.4 Å². The van der Waals surface area contributed by atoms with Crippen molar-refractivity contribution in [3.63, 3.8) is 0 Å². The molecule has 1 heterocycles. The van der Waals surface area contributed by atoms with E-state index in [0.29, 0.717) is 13.1 Å². The Morgan fingerprint density at radius 1 is 1.35 bits per heavy atom. The molecule has 17 heavy (non-hydrogen) atoms. The van der Waals surface area contributed by atoms with Crippen LogP contribution in [-0.4, -0.2) is 67.6 Å². The van der Waals surface area contributed by atoms with Gasteiger partial charge in [-0.15, -0.1) is 0 Å². The second kappa shape index (κ2) is 6.44. The fourth-order valence-electron chi connectivity index (χ4n) is 1.75. The predicted molar refractivity (Wildman–Crippen MR) is 65.7 cm³/mol. The van der Waals surface area contributed by atoms with Crippen LogP contribution in [0.4, 0.5) is 4.79 Å². The van der Waals surface area contributed by atoms with Crippen molar-refractivity contribution in [1.82, 2.24) is 20.4 Å². The molecule has 0 saturated carbocycles. The number of hydrogen-bond donors (Lipinski definition) is 2. The molecule has 0 atom stereocenters. The lowest BCUT2D eigenvalue weighted by molar-refractivity contribution is -0.122. The fraction of sp³-hybridized carbons (Fsp3) is 0.818. The standard InChI is InChI=1S/C11H22N4O2/c1-9(2)13-10(16)8-14(3)11(17)15-6-4-12-5-7-15/h9,12H,4-8H2,1-3H3,(H,13,16). The summed E-state index contributed by atoms with van der Waals surface area (Å²) < 4.78 is 0. The van der Waals surface area contributed by atoms with Crippen LogP contribution in [0.3, 0.4) is 0 Å². The maximum atomic E-state index is 12.0. The Morgan fingerprint density at radius 2 is 1.94 bits per heavy atom. The maximum Gasteiger partial charge on any atom is 0.320 e. The highest BCUT2D eigenvalue weighted by Crippen LogP contribution is 1.98. The zero-order chi connectivity index (χ0) is 12.8. The molecular formula is C11H22N4O2. The number of carbonyl (C=O) groups is 2. The van der Waals surface area contributed by atoms with Crippen LogP contribution < -0.4 is 10.6 Å². The molecule has 2 N–H and O–H groups in total. The first-order chi connectivity index (χ1) is 8.00. The first-order valence-electron chi connectivity index (χ1n) is 6.01. The van der Waals surface area contributed by atoms with Gasteiger partial charge >= 0.3 is 6.03 Å². The molecule has 1 saturated heterocycles. The molecule has 1 aliphatic heterocycles. The molecule has 1 rings (SSSR count). The van der Waals surface area contributed by atoms with E-state index in [1.165, 1.54) is 4.90 Å². The Kier molecular flexibility index (Phi) is 5.21. The Morgan fingerprint density at radius 3 is 2.47 bits per heavy atom. The lowest BCUT2D eigenvalue weighted by Crippen LogP contribution is -2.52. The van der Waals surface area contributed by atoms with E-state index in [2.05, 4.69) is 10.6 Å². The van der Waals surface area contributed by atoms with Crippen molar-refractivity contribution in [2.45, 2.75) is 19.9 Å². The van der Waals surface area contributed by atoms with Crippen LogP contribution in [0.5, 0.6) is 0 Å². The number of likely N-dealkylation sites (N-methyl/N-ethyl adjacent to an activating group) is 1. The third kappa shape index (κ3) is 4.60. The Balaban J connectivity index is 2.37. The fourth-order valence-corrected chi connectivity index (χ4v) is 1.75. The van der Waals surface area contributed by atoms with Crippen molar-refractivity contribution in [3.05, 3.63) is 0 Å². The number of nitrogens with one attached hydrogen (secondary N) is 2. The normalized spacial score (nSPS) is 15.9. The van der Waals surface area contributed by atoms with Gasteiger partial charge in [0.25, 0.3) is 0 Å². The predicted octanol–water partition coefficient (Wildman–Crippen LogP) is -0.532. The average Bonchev–Trinajstić information content (AvgIpc) is 2.28. The van der Waals surface area contributed by atoms with Gasteiger partial charge in [-0.2, -0.15) is 0 Å². The molecule has 0 unspecified atom stereocenters. The van der Waals surface area contributed by atoms with Crippen molar-refractivity contribution in [2.24, 2.45) is 0 Å². The topological polar surface area (TPSA) is 64.7 Å². The lowest BCUT2D eigenvalue weighted by atomic mass is 10.3. The highest BCUT2D eigenvalue weighted by molar-refractivity contribution is 5.84. The Bertz CT molecular complexity index is 275. The Labute approximate surface area is 102 Å². The van der Waals surface area contributed by atoms with Crippen molar-refractivity contribution >= 4 is 11.9 Å². The molecule has 0 aliphatic carbocycles. The molecule has 0 spiro atoms. The number of hydrogen-bond acceptors (Lipinski definition) is 3. The number of carbonyl (C=O) groups excluding carboxylic acids is 2. The van der Waals surface area contributed by atoms with Crippen LogP contribution in [0.2, 0.25) is 0 Å². The zero-order valence-corrected chi connectivity index (χ0v) is 10.8. The highest BCUT2D eigenvalue weighted by Gasteiger charge is 2.21. The summed E-state index contributed by atoms with van der Waals surface area (Å²) in [4.78, 5) is 26.7. The largest absolute Gasteiger partial charge is 0.352 e. The number of rotatable bonds is 3. The summed E-state index contributed by atoms with van der Waals surface area (Å²) in [5, 5.41) is 5.95. The molecule has 98 valence electrons. The summed E-state index contributed by atoms with van der Waals surface area (Å²) in [6, 6.07) is 0.0237. The summed E-state index contributed by atoms with van der Waals surface area (Å²) >= 11 is 0. The molecule has 1 aliphatic rings. The Hall–Kier alpha value is -1.30. The van der Waals surface area contributed by atoms with Gasteiger partial charge in [-0.25, -0.2) is 4.79 Å². The number of urea groups is 1. The minimum atomic E-state index is -0.119. The van der Waals surface area contributed by atoms with Gasteiger partial charge in [-0.05, 0) is 13.8 Å². The molecule has 0 aromatic heterocycles. The van der Waals surface area contributed by atoms with E-state index < -0.39 is 0 Å².